The number of aliphatic hydroxyl groups is 2. The lowest BCUT2D eigenvalue weighted by molar-refractivity contribution is -0.147. The van der Waals surface area contributed by atoms with Crippen LogP contribution in [0.2, 0.25) is 0 Å². The van der Waals surface area contributed by atoms with Gasteiger partial charge in [-0.25, -0.2) is 19.7 Å². The van der Waals surface area contributed by atoms with Crippen LogP contribution in [0.25, 0.3) is 5.52 Å². The average Bonchev–Trinajstić information content (AvgIpc) is 3.60. The highest BCUT2D eigenvalue weighted by molar-refractivity contribution is 7.54. The van der Waals surface area contributed by atoms with Crippen molar-refractivity contribution in [2.75, 3.05) is 25.6 Å². The van der Waals surface area contributed by atoms with Crippen molar-refractivity contribution in [3.63, 3.8) is 0 Å². The maximum Gasteiger partial charge on any atom is 0.342 e. The first-order valence-electron chi connectivity index (χ1n) is 16.0. The quantitative estimate of drug-likeness (QED) is 0.112. The number of rotatable bonds is 18. The number of nitrogens with zero attached hydrogens (tertiary/aromatic N) is 4. The van der Waals surface area contributed by atoms with E-state index in [0.29, 0.717) is 5.52 Å². The molecule has 0 aliphatic carbocycles. The molecule has 1 fully saturated rings. The van der Waals surface area contributed by atoms with Crippen molar-refractivity contribution in [1.29, 1.82) is 5.26 Å². The molecule has 6 N–H and O–H groups in total. The summed E-state index contributed by atoms with van der Waals surface area (Å²) in [4.78, 5) is 29.6. The second kappa shape index (κ2) is 16.8. The van der Waals surface area contributed by atoms with Crippen LogP contribution < -0.4 is 15.9 Å². The molecular formula is C30H48N7O9P. The highest BCUT2D eigenvalue weighted by atomic mass is 31.2. The highest BCUT2D eigenvalue weighted by Gasteiger charge is 2.58. The maximum atomic E-state index is 14.2. The smallest absolute Gasteiger partial charge is 0.342 e. The summed E-state index contributed by atoms with van der Waals surface area (Å²) in [6.07, 6.45) is -0.452. The Balaban J connectivity index is 1.82. The number of nitriles is 1. The van der Waals surface area contributed by atoms with Gasteiger partial charge in [0.15, 0.2) is 5.82 Å². The summed E-state index contributed by atoms with van der Waals surface area (Å²) in [5, 5.41) is 41.6. The Kier molecular flexibility index (Phi) is 13.7. The molecule has 1 aliphatic rings. The molecule has 0 unspecified atom stereocenters. The van der Waals surface area contributed by atoms with Crippen molar-refractivity contribution in [3.8, 4) is 6.07 Å². The highest BCUT2D eigenvalue weighted by Crippen LogP contribution is 2.44. The fraction of sp³-hybridized carbons (Fsp3) is 0.700. The number of esters is 2. The summed E-state index contributed by atoms with van der Waals surface area (Å²) in [6, 6.07) is 2.62. The zero-order chi connectivity index (χ0) is 34.9. The van der Waals surface area contributed by atoms with Crippen LogP contribution in [-0.4, -0.2) is 87.0 Å². The molecule has 262 valence electrons. The summed E-state index contributed by atoms with van der Waals surface area (Å²) < 4.78 is 38.0. The topological polar surface area (TPSA) is 233 Å². The Morgan fingerprint density at radius 1 is 1.06 bits per heavy atom. The van der Waals surface area contributed by atoms with E-state index in [1.807, 2.05) is 33.8 Å². The average molecular weight is 682 g/mol. The van der Waals surface area contributed by atoms with E-state index in [9.17, 15) is 29.6 Å². The van der Waals surface area contributed by atoms with E-state index in [2.05, 4.69) is 20.3 Å². The minimum absolute atomic E-state index is 0.0697. The molecule has 0 radical (unpaired) electrons. The Morgan fingerprint density at radius 3 is 2.09 bits per heavy atom. The first-order valence-corrected chi connectivity index (χ1v) is 17.6. The van der Waals surface area contributed by atoms with Crippen molar-refractivity contribution in [2.45, 2.75) is 103 Å². The number of anilines is 1. The van der Waals surface area contributed by atoms with Crippen molar-refractivity contribution < 1.29 is 43.1 Å². The SMILES string of the molecule is CCC(CC)COC(=O)[C@H](C)NP(=O)(N[C@@H](C)C(=O)OCC(CC)CC)OC[C@H]1O[C@@](C#N)(c2ccc3c(N)ncnn23)[C@H](O)[C@@H]1O. The molecule has 3 rings (SSSR count). The number of hydrogen-bond acceptors (Lipinski definition) is 13. The van der Waals surface area contributed by atoms with Gasteiger partial charge in [0.2, 0.25) is 5.60 Å². The van der Waals surface area contributed by atoms with E-state index in [1.54, 1.807) is 0 Å². The lowest BCUT2D eigenvalue weighted by atomic mass is 9.92. The fourth-order valence-electron chi connectivity index (χ4n) is 5.15. The van der Waals surface area contributed by atoms with Crippen LogP contribution in [0.3, 0.4) is 0 Å². The number of nitrogens with one attached hydrogen (secondary N) is 2. The first-order chi connectivity index (χ1) is 22.3. The summed E-state index contributed by atoms with van der Waals surface area (Å²) in [5.41, 5.74) is 4.21. The van der Waals surface area contributed by atoms with Gasteiger partial charge in [0.05, 0.1) is 25.5 Å². The van der Waals surface area contributed by atoms with Gasteiger partial charge in [-0.05, 0) is 37.8 Å². The Labute approximate surface area is 274 Å². The van der Waals surface area contributed by atoms with Gasteiger partial charge in [-0.3, -0.25) is 14.2 Å². The van der Waals surface area contributed by atoms with Gasteiger partial charge in [-0.1, -0.05) is 53.4 Å². The number of aromatic nitrogens is 3. The third kappa shape index (κ3) is 8.85. The van der Waals surface area contributed by atoms with Gasteiger partial charge < -0.3 is 34.7 Å². The first kappa shape index (κ1) is 38.3. The molecule has 0 saturated carbocycles. The Bertz CT molecular complexity index is 1400. The Hall–Kier alpha value is -3.16. The van der Waals surface area contributed by atoms with Gasteiger partial charge in [0.25, 0.3) is 0 Å². The minimum Gasteiger partial charge on any atom is -0.464 e. The fourth-order valence-corrected chi connectivity index (χ4v) is 6.97. The molecule has 1 saturated heterocycles. The van der Waals surface area contributed by atoms with Crippen LogP contribution in [0.4, 0.5) is 5.82 Å². The minimum atomic E-state index is -4.32. The number of ether oxygens (including phenoxy) is 3. The molecule has 2 aromatic rings. The number of nitrogen functional groups attached to an aromatic ring is 1. The predicted octanol–water partition coefficient (Wildman–Crippen LogP) is 2.19. The van der Waals surface area contributed by atoms with Crippen molar-refractivity contribution >= 4 is 30.9 Å². The van der Waals surface area contributed by atoms with Gasteiger partial charge >= 0.3 is 19.6 Å². The number of aliphatic hydroxyl groups excluding tert-OH is 2. The van der Waals surface area contributed by atoms with Crippen LogP contribution in [0.15, 0.2) is 18.5 Å². The molecule has 2 aromatic heterocycles. The van der Waals surface area contributed by atoms with Crippen molar-refractivity contribution in [3.05, 3.63) is 24.2 Å². The summed E-state index contributed by atoms with van der Waals surface area (Å²) in [7, 11) is -4.32. The monoisotopic (exact) mass is 681 g/mol. The maximum absolute atomic E-state index is 14.2. The molecule has 0 spiro atoms. The zero-order valence-corrected chi connectivity index (χ0v) is 28.7. The van der Waals surface area contributed by atoms with E-state index < -0.39 is 62.2 Å². The van der Waals surface area contributed by atoms with E-state index in [0.717, 1.165) is 32.0 Å². The van der Waals surface area contributed by atoms with E-state index in [1.165, 1.54) is 30.5 Å². The molecular weight excluding hydrogens is 633 g/mol. The van der Waals surface area contributed by atoms with Gasteiger partial charge in [0, 0.05) is 0 Å². The molecule has 17 heteroatoms. The predicted molar refractivity (Wildman–Crippen MR) is 170 cm³/mol. The second-order valence-electron chi connectivity index (χ2n) is 11.8. The van der Waals surface area contributed by atoms with Crippen molar-refractivity contribution in [2.24, 2.45) is 11.8 Å². The lowest BCUT2D eigenvalue weighted by Gasteiger charge is -2.28. The molecule has 0 amide bonds. The second-order valence-corrected chi connectivity index (χ2v) is 13.7. The van der Waals surface area contributed by atoms with Gasteiger partial charge in [0.1, 0.15) is 48.3 Å². The molecule has 16 nitrogen and oxygen atoms in total. The Morgan fingerprint density at radius 2 is 1.60 bits per heavy atom. The summed E-state index contributed by atoms with van der Waals surface area (Å²) in [5.74, 6) is -0.949. The lowest BCUT2D eigenvalue weighted by Crippen LogP contribution is -2.43. The van der Waals surface area contributed by atoms with E-state index in [4.69, 9.17) is 24.5 Å². The summed E-state index contributed by atoms with van der Waals surface area (Å²) in [6.45, 7) is 10.5. The molecule has 47 heavy (non-hydrogen) atoms. The molecule has 0 aromatic carbocycles. The zero-order valence-electron chi connectivity index (χ0n) is 27.8. The number of carbonyl (C=O) groups excluding carboxylic acids is 2. The molecule has 3 heterocycles. The molecule has 1 aliphatic heterocycles. The number of nitrogens with two attached hydrogens (primary N) is 1. The van der Waals surface area contributed by atoms with Crippen molar-refractivity contribution in [1.82, 2.24) is 24.8 Å². The molecule has 0 bridgehead atoms. The largest absolute Gasteiger partial charge is 0.464 e. The number of hydrogen-bond donors (Lipinski definition) is 5. The van der Waals surface area contributed by atoms with Crippen LogP contribution in [-0.2, 0) is 38.5 Å². The standard InChI is InChI=1S/C30H48N7O9P/c1-7-20(8-2)13-43-28(40)18(5)35-47(42,36-19(6)29(41)44-14-21(9-3)10-4)45-15-23-25(38)26(39)30(16-31,46-23)24-12-11-22-27(32)33-17-34-37(22)24/h11-12,17-21,23,25-26,38-39H,7-10,13-15H2,1-6H3,(H2,32,33,34)(H2,35,36,42)/t18-,19-,23+,25+,26+,30-/m0/s1. The van der Waals surface area contributed by atoms with E-state index in [-0.39, 0.29) is 36.6 Å². The van der Waals surface area contributed by atoms with Gasteiger partial charge in [-0.15, -0.1) is 0 Å². The number of fused-ring (bicyclic) bond motifs is 1. The third-order valence-corrected chi connectivity index (χ3v) is 10.5. The van der Waals surface area contributed by atoms with Gasteiger partial charge in [-0.2, -0.15) is 10.4 Å². The number of carbonyl (C=O) groups is 2. The van der Waals surface area contributed by atoms with Crippen LogP contribution >= 0.6 is 7.67 Å². The van der Waals surface area contributed by atoms with E-state index >= 15 is 0 Å². The summed E-state index contributed by atoms with van der Waals surface area (Å²) >= 11 is 0. The van der Waals surface area contributed by atoms with Crippen LogP contribution in [0.5, 0.6) is 0 Å². The third-order valence-electron chi connectivity index (χ3n) is 8.57. The van der Waals surface area contributed by atoms with Crippen LogP contribution in [0.1, 0.15) is 72.9 Å². The van der Waals surface area contributed by atoms with Crippen LogP contribution in [0, 0.1) is 23.2 Å². The normalized spacial score (nSPS) is 22.8. The molecule has 6 atom stereocenters.